The first-order valence-corrected chi connectivity index (χ1v) is 8.08. The van der Waals surface area contributed by atoms with Gasteiger partial charge in [0.2, 0.25) is 0 Å². The lowest BCUT2D eigenvalue weighted by Crippen LogP contribution is -2.23. The summed E-state index contributed by atoms with van der Waals surface area (Å²) in [5, 5.41) is 4.30. The number of carbonyl (C=O) groups is 1. The molecule has 3 aromatic rings. The van der Waals surface area contributed by atoms with Crippen molar-refractivity contribution in [2.24, 2.45) is 0 Å². The Morgan fingerprint density at radius 2 is 1.80 bits per heavy atom. The number of benzene rings is 2. The molecular weight excluding hydrogens is 342 g/mol. The number of aryl methyl sites for hydroxylation is 1. The summed E-state index contributed by atoms with van der Waals surface area (Å²) in [6, 6.07) is 10.7. The van der Waals surface area contributed by atoms with Gasteiger partial charge in [-0.3, -0.25) is 4.79 Å². The summed E-state index contributed by atoms with van der Waals surface area (Å²) < 4.78 is 16.1. The number of halogens is 1. The van der Waals surface area contributed by atoms with Crippen LogP contribution in [0.4, 0.5) is 0 Å². The van der Waals surface area contributed by atoms with Gasteiger partial charge in [0.25, 0.3) is 5.91 Å². The minimum Gasteiger partial charge on any atom is -0.497 e. The van der Waals surface area contributed by atoms with Gasteiger partial charge in [0.15, 0.2) is 5.76 Å². The number of ether oxygens (including phenoxy) is 2. The molecule has 0 aliphatic heterocycles. The van der Waals surface area contributed by atoms with Crippen molar-refractivity contribution < 1.29 is 18.7 Å². The van der Waals surface area contributed by atoms with Gasteiger partial charge in [-0.2, -0.15) is 0 Å². The maximum atomic E-state index is 12.5. The third kappa shape index (κ3) is 3.56. The maximum Gasteiger partial charge on any atom is 0.287 e. The lowest BCUT2D eigenvalue weighted by Gasteiger charge is -2.09. The maximum absolute atomic E-state index is 12.5. The number of furan rings is 1. The van der Waals surface area contributed by atoms with Crippen LogP contribution in [0.3, 0.4) is 0 Å². The van der Waals surface area contributed by atoms with Crippen molar-refractivity contribution in [3.05, 3.63) is 58.3 Å². The third-order valence-corrected chi connectivity index (χ3v) is 4.20. The Hall–Kier alpha value is -2.66. The Balaban J connectivity index is 1.80. The average Bonchev–Trinajstić information content (AvgIpc) is 2.95. The zero-order chi connectivity index (χ0) is 18.0. The topological polar surface area (TPSA) is 60.7 Å². The van der Waals surface area contributed by atoms with E-state index in [-0.39, 0.29) is 11.7 Å². The zero-order valence-electron chi connectivity index (χ0n) is 14.2. The fraction of sp³-hybridized carbons (Fsp3) is 0.211. The molecule has 1 amide bonds. The Kier molecular flexibility index (Phi) is 4.86. The Bertz CT molecular complexity index is 910. The molecule has 0 saturated carbocycles. The summed E-state index contributed by atoms with van der Waals surface area (Å²) in [7, 11) is 3.17. The van der Waals surface area contributed by atoms with Gasteiger partial charge in [-0.15, -0.1) is 0 Å². The predicted octanol–water partition coefficient (Wildman–Crippen LogP) is 4.34. The van der Waals surface area contributed by atoms with E-state index in [9.17, 15) is 4.79 Å². The molecule has 0 bridgehead atoms. The molecule has 3 rings (SSSR count). The van der Waals surface area contributed by atoms with E-state index in [1.807, 2.05) is 19.1 Å². The number of hydrogen-bond acceptors (Lipinski definition) is 4. The summed E-state index contributed by atoms with van der Waals surface area (Å²) >= 11 is 6.01. The molecule has 6 heteroatoms. The van der Waals surface area contributed by atoms with E-state index >= 15 is 0 Å². The number of nitrogens with one attached hydrogen (secondary N) is 1. The summed E-state index contributed by atoms with van der Waals surface area (Å²) in [5.74, 6) is 1.33. The highest BCUT2D eigenvalue weighted by molar-refractivity contribution is 6.31. The Morgan fingerprint density at radius 1 is 1.12 bits per heavy atom. The Labute approximate surface area is 150 Å². The molecule has 5 nitrogen and oxygen atoms in total. The molecule has 0 spiro atoms. The monoisotopic (exact) mass is 359 g/mol. The smallest absolute Gasteiger partial charge is 0.287 e. The van der Waals surface area contributed by atoms with Crippen LogP contribution >= 0.6 is 11.6 Å². The zero-order valence-corrected chi connectivity index (χ0v) is 14.9. The second-order valence-electron chi connectivity index (χ2n) is 5.60. The molecule has 130 valence electrons. The van der Waals surface area contributed by atoms with E-state index in [2.05, 4.69) is 5.32 Å². The van der Waals surface area contributed by atoms with Gasteiger partial charge < -0.3 is 19.2 Å². The molecule has 0 radical (unpaired) electrons. The van der Waals surface area contributed by atoms with E-state index in [0.717, 1.165) is 16.5 Å². The van der Waals surface area contributed by atoms with Crippen molar-refractivity contribution >= 4 is 28.5 Å². The molecule has 25 heavy (non-hydrogen) atoms. The van der Waals surface area contributed by atoms with Crippen molar-refractivity contribution in [1.82, 2.24) is 5.32 Å². The fourth-order valence-electron chi connectivity index (χ4n) is 2.64. The third-order valence-electron chi connectivity index (χ3n) is 3.97. The lowest BCUT2D eigenvalue weighted by molar-refractivity contribution is 0.0924. The standard InChI is InChI=1S/C19H18ClNO4/c1-11-16-8-13(20)4-5-17(16)25-18(11)19(22)21-10-12-6-14(23-2)9-15(7-12)24-3/h4-9H,10H2,1-3H3,(H,21,22). The van der Waals surface area contributed by atoms with Crippen molar-refractivity contribution in [1.29, 1.82) is 0 Å². The number of hydrogen-bond donors (Lipinski definition) is 1. The second kappa shape index (κ2) is 7.07. The lowest BCUT2D eigenvalue weighted by atomic mass is 10.1. The number of amides is 1. The number of carbonyl (C=O) groups excluding carboxylic acids is 1. The van der Waals surface area contributed by atoms with E-state index in [4.69, 9.17) is 25.5 Å². The number of fused-ring (bicyclic) bond motifs is 1. The van der Waals surface area contributed by atoms with E-state index in [1.54, 1.807) is 38.5 Å². The SMILES string of the molecule is COc1cc(CNC(=O)c2oc3ccc(Cl)cc3c2C)cc(OC)c1. The molecule has 2 aromatic carbocycles. The van der Waals surface area contributed by atoms with Gasteiger partial charge in [0, 0.05) is 28.6 Å². The quantitative estimate of drug-likeness (QED) is 0.736. The summed E-state index contributed by atoms with van der Waals surface area (Å²) in [5.41, 5.74) is 2.26. The van der Waals surface area contributed by atoms with Crippen molar-refractivity contribution in [2.45, 2.75) is 13.5 Å². The van der Waals surface area contributed by atoms with Gasteiger partial charge in [-0.1, -0.05) is 11.6 Å². The summed E-state index contributed by atoms with van der Waals surface area (Å²) in [4.78, 5) is 12.5. The molecule has 0 unspecified atom stereocenters. The van der Waals surface area contributed by atoms with Crippen LogP contribution in [0.25, 0.3) is 11.0 Å². The van der Waals surface area contributed by atoms with Crippen LogP contribution in [0, 0.1) is 6.92 Å². The first-order chi connectivity index (χ1) is 12.0. The normalized spacial score (nSPS) is 10.7. The summed E-state index contributed by atoms with van der Waals surface area (Å²) in [6.45, 7) is 2.16. The fourth-order valence-corrected chi connectivity index (χ4v) is 2.81. The first-order valence-electron chi connectivity index (χ1n) is 7.70. The van der Waals surface area contributed by atoms with Crippen LogP contribution in [0.1, 0.15) is 21.7 Å². The average molecular weight is 360 g/mol. The van der Waals surface area contributed by atoms with E-state index in [1.165, 1.54) is 0 Å². The van der Waals surface area contributed by atoms with Crippen LogP contribution in [0.5, 0.6) is 11.5 Å². The number of rotatable bonds is 5. The Morgan fingerprint density at radius 3 is 2.44 bits per heavy atom. The molecule has 0 atom stereocenters. The molecular formula is C19H18ClNO4. The largest absolute Gasteiger partial charge is 0.497 e. The van der Waals surface area contributed by atoms with Crippen molar-refractivity contribution in [3.8, 4) is 11.5 Å². The highest BCUT2D eigenvalue weighted by atomic mass is 35.5. The molecule has 1 aromatic heterocycles. The molecule has 0 aliphatic rings. The summed E-state index contributed by atoms with van der Waals surface area (Å²) in [6.07, 6.45) is 0. The molecule has 0 saturated heterocycles. The first kappa shape index (κ1) is 17.2. The van der Waals surface area contributed by atoms with Gasteiger partial charge in [-0.25, -0.2) is 0 Å². The van der Waals surface area contributed by atoms with E-state index < -0.39 is 0 Å². The molecule has 0 fully saturated rings. The van der Waals surface area contributed by atoms with Gasteiger partial charge >= 0.3 is 0 Å². The van der Waals surface area contributed by atoms with Crippen LogP contribution < -0.4 is 14.8 Å². The van der Waals surface area contributed by atoms with Gasteiger partial charge in [0.1, 0.15) is 17.1 Å². The van der Waals surface area contributed by atoms with Crippen LogP contribution in [0.15, 0.2) is 40.8 Å². The highest BCUT2D eigenvalue weighted by Gasteiger charge is 2.17. The van der Waals surface area contributed by atoms with Crippen LogP contribution in [-0.4, -0.2) is 20.1 Å². The highest BCUT2D eigenvalue weighted by Crippen LogP contribution is 2.28. The van der Waals surface area contributed by atoms with Crippen LogP contribution in [0.2, 0.25) is 5.02 Å². The molecule has 1 N–H and O–H groups in total. The number of methoxy groups -OCH3 is 2. The second-order valence-corrected chi connectivity index (χ2v) is 6.04. The minimum atomic E-state index is -0.286. The predicted molar refractivity (Wildman–Crippen MR) is 96.7 cm³/mol. The molecule has 0 aliphatic carbocycles. The van der Waals surface area contributed by atoms with E-state index in [0.29, 0.717) is 28.6 Å². The van der Waals surface area contributed by atoms with Crippen LogP contribution in [-0.2, 0) is 6.54 Å². The van der Waals surface area contributed by atoms with Crippen molar-refractivity contribution in [2.75, 3.05) is 14.2 Å². The van der Waals surface area contributed by atoms with Gasteiger partial charge in [-0.05, 0) is 42.8 Å². The van der Waals surface area contributed by atoms with Gasteiger partial charge in [0.05, 0.1) is 14.2 Å². The van der Waals surface area contributed by atoms with Crippen molar-refractivity contribution in [3.63, 3.8) is 0 Å². The minimum absolute atomic E-state index is 0.284. The molecule has 1 heterocycles.